The standard InChI is InChI=1S/C12H13N5O3S/c1-3-9-15-16-12(21-9)14-11(18)7-5-4-6-8(17(19)20)10(7)13-2/h4-6,13H,3H2,1-2H3,(H,14,16,18). The van der Waals surface area contributed by atoms with Gasteiger partial charge in [0, 0.05) is 13.1 Å². The van der Waals surface area contributed by atoms with E-state index in [1.165, 1.54) is 36.6 Å². The Balaban J connectivity index is 2.30. The number of amides is 1. The Labute approximate surface area is 124 Å². The third-order valence-electron chi connectivity index (χ3n) is 2.72. The molecule has 0 aliphatic carbocycles. The molecule has 0 saturated carbocycles. The van der Waals surface area contributed by atoms with Gasteiger partial charge in [-0.15, -0.1) is 10.2 Å². The number of benzene rings is 1. The Kier molecular flexibility index (Phi) is 4.43. The van der Waals surface area contributed by atoms with Gasteiger partial charge in [0.2, 0.25) is 5.13 Å². The summed E-state index contributed by atoms with van der Waals surface area (Å²) in [6, 6.07) is 4.31. The maximum atomic E-state index is 12.2. The molecular weight excluding hydrogens is 294 g/mol. The van der Waals surface area contributed by atoms with Gasteiger partial charge in [0.15, 0.2) is 0 Å². The number of carbonyl (C=O) groups excluding carboxylic acids is 1. The van der Waals surface area contributed by atoms with Crippen molar-refractivity contribution in [1.29, 1.82) is 0 Å². The lowest BCUT2D eigenvalue weighted by molar-refractivity contribution is -0.384. The highest BCUT2D eigenvalue weighted by atomic mass is 32.1. The normalized spacial score (nSPS) is 10.2. The third kappa shape index (κ3) is 3.14. The topological polar surface area (TPSA) is 110 Å². The first-order valence-electron chi connectivity index (χ1n) is 6.15. The number of nitro benzene ring substituents is 1. The van der Waals surface area contributed by atoms with Crippen molar-refractivity contribution in [3.05, 3.63) is 38.9 Å². The number of nitro groups is 1. The molecule has 9 heteroatoms. The van der Waals surface area contributed by atoms with Gasteiger partial charge in [-0.3, -0.25) is 20.2 Å². The molecule has 1 aromatic carbocycles. The van der Waals surface area contributed by atoms with Gasteiger partial charge in [-0.05, 0) is 12.5 Å². The van der Waals surface area contributed by atoms with Gasteiger partial charge in [0.1, 0.15) is 10.7 Å². The molecule has 0 radical (unpaired) electrons. The summed E-state index contributed by atoms with van der Waals surface area (Å²) in [5, 5.41) is 25.2. The maximum Gasteiger partial charge on any atom is 0.293 e. The molecule has 0 spiro atoms. The van der Waals surface area contributed by atoms with Crippen molar-refractivity contribution >= 4 is 33.8 Å². The van der Waals surface area contributed by atoms with Gasteiger partial charge in [-0.2, -0.15) is 0 Å². The lowest BCUT2D eigenvalue weighted by Crippen LogP contribution is -2.14. The average molecular weight is 307 g/mol. The molecule has 0 atom stereocenters. The molecule has 1 aromatic heterocycles. The van der Waals surface area contributed by atoms with Crippen LogP contribution in [0.25, 0.3) is 0 Å². The zero-order chi connectivity index (χ0) is 15.4. The van der Waals surface area contributed by atoms with Crippen molar-refractivity contribution in [2.75, 3.05) is 17.7 Å². The first kappa shape index (κ1) is 14.9. The second-order valence-electron chi connectivity index (χ2n) is 4.02. The summed E-state index contributed by atoms with van der Waals surface area (Å²) in [6.45, 7) is 1.94. The van der Waals surface area contributed by atoms with Gasteiger partial charge in [-0.1, -0.05) is 24.3 Å². The quantitative estimate of drug-likeness (QED) is 0.648. The van der Waals surface area contributed by atoms with E-state index in [-0.39, 0.29) is 16.9 Å². The Morgan fingerprint density at radius 3 is 2.76 bits per heavy atom. The van der Waals surface area contributed by atoms with E-state index >= 15 is 0 Å². The molecule has 2 aromatic rings. The number of hydrogen-bond acceptors (Lipinski definition) is 7. The van der Waals surface area contributed by atoms with Crippen LogP contribution in [0.15, 0.2) is 18.2 Å². The second kappa shape index (κ2) is 6.27. The molecule has 0 bridgehead atoms. The number of anilines is 2. The highest BCUT2D eigenvalue weighted by Crippen LogP contribution is 2.28. The fourth-order valence-corrected chi connectivity index (χ4v) is 2.43. The van der Waals surface area contributed by atoms with Crippen LogP contribution in [-0.2, 0) is 6.42 Å². The van der Waals surface area contributed by atoms with Gasteiger partial charge >= 0.3 is 0 Å². The minimum absolute atomic E-state index is 0.156. The summed E-state index contributed by atoms with van der Waals surface area (Å²) in [5.74, 6) is -0.471. The van der Waals surface area contributed by atoms with E-state index < -0.39 is 10.8 Å². The zero-order valence-electron chi connectivity index (χ0n) is 11.4. The molecule has 0 saturated heterocycles. The van der Waals surface area contributed by atoms with E-state index in [4.69, 9.17) is 0 Å². The highest BCUT2D eigenvalue weighted by molar-refractivity contribution is 7.15. The van der Waals surface area contributed by atoms with E-state index in [0.29, 0.717) is 5.13 Å². The van der Waals surface area contributed by atoms with Gasteiger partial charge in [-0.25, -0.2) is 0 Å². The summed E-state index contributed by atoms with van der Waals surface area (Å²) in [4.78, 5) is 22.7. The smallest absolute Gasteiger partial charge is 0.293 e. The maximum absolute atomic E-state index is 12.2. The minimum Gasteiger partial charge on any atom is -0.382 e. The summed E-state index contributed by atoms with van der Waals surface area (Å²) in [7, 11) is 1.53. The lowest BCUT2D eigenvalue weighted by Gasteiger charge is -2.08. The van der Waals surface area contributed by atoms with Gasteiger partial charge in [0.05, 0.1) is 10.5 Å². The van der Waals surface area contributed by atoms with Crippen LogP contribution in [0.3, 0.4) is 0 Å². The van der Waals surface area contributed by atoms with Crippen molar-refractivity contribution in [1.82, 2.24) is 10.2 Å². The van der Waals surface area contributed by atoms with Crippen LogP contribution in [0.5, 0.6) is 0 Å². The minimum atomic E-state index is -0.539. The third-order valence-corrected chi connectivity index (χ3v) is 3.71. The van der Waals surface area contributed by atoms with E-state index in [9.17, 15) is 14.9 Å². The molecule has 2 rings (SSSR count). The van der Waals surface area contributed by atoms with Crippen LogP contribution < -0.4 is 10.6 Å². The molecule has 8 nitrogen and oxygen atoms in total. The van der Waals surface area contributed by atoms with Gasteiger partial charge in [0.25, 0.3) is 11.6 Å². The Hall–Kier alpha value is -2.55. The molecular formula is C12H13N5O3S. The van der Waals surface area contributed by atoms with Crippen LogP contribution in [0, 0.1) is 10.1 Å². The number of rotatable bonds is 5. The summed E-state index contributed by atoms with van der Waals surface area (Å²) >= 11 is 1.27. The number of nitrogens with one attached hydrogen (secondary N) is 2. The average Bonchev–Trinajstić information content (AvgIpc) is 2.93. The Morgan fingerprint density at radius 2 is 2.19 bits per heavy atom. The summed E-state index contributed by atoms with van der Waals surface area (Å²) in [5.41, 5.74) is 0.192. The van der Waals surface area contributed by atoms with E-state index in [1.807, 2.05) is 6.92 Å². The molecule has 0 aliphatic rings. The first-order valence-corrected chi connectivity index (χ1v) is 6.97. The highest BCUT2D eigenvalue weighted by Gasteiger charge is 2.21. The largest absolute Gasteiger partial charge is 0.382 e. The Morgan fingerprint density at radius 1 is 1.43 bits per heavy atom. The van der Waals surface area contributed by atoms with Crippen LogP contribution in [-0.4, -0.2) is 28.1 Å². The van der Waals surface area contributed by atoms with Crippen molar-refractivity contribution in [2.24, 2.45) is 0 Å². The van der Waals surface area contributed by atoms with Crippen LogP contribution in [0.1, 0.15) is 22.3 Å². The van der Waals surface area contributed by atoms with Crippen molar-refractivity contribution < 1.29 is 9.72 Å². The first-order chi connectivity index (χ1) is 10.1. The van der Waals surface area contributed by atoms with Crippen LogP contribution in [0.2, 0.25) is 0 Å². The second-order valence-corrected chi connectivity index (χ2v) is 5.08. The number of para-hydroxylation sites is 1. The summed E-state index contributed by atoms with van der Waals surface area (Å²) in [6.07, 6.45) is 0.728. The van der Waals surface area contributed by atoms with Crippen molar-refractivity contribution in [3.63, 3.8) is 0 Å². The fraction of sp³-hybridized carbons (Fsp3) is 0.250. The van der Waals surface area contributed by atoms with E-state index in [1.54, 1.807) is 0 Å². The zero-order valence-corrected chi connectivity index (χ0v) is 12.2. The monoisotopic (exact) mass is 307 g/mol. The molecule has 0 aliphatic heterocycles. The molecule has 1 heterocycles. The lowest BCUT2D eigenvalue weighted by atomic mass is 10.1. The van der Waals surface area contributed by atoms with Crippen LogP contribution in [0.4, 0.5) is 16.5 Å². The molecule has 21 heavy (non-hydrogen) atoms. The number of hydrogen-bond donors (Lipinski definition) is 2. The molecule has 0 unspecified atom stereocenters. The predicted octanol–water partition coefficient (Wildman–Crippen LogP) is 2.30. The SMILES string of the molecule is CCc1nnc(NC(=O)c2cccc([N+](=O)[O-])c2NC)s1. The van der Waals surface area contributed by atoms with Gasteiger partial charge < -0.3 is 5.32 Å². The molecule has 110 valence electrons. The molecule has 0 fully saturated rings. The van der Waals surface area contributed by atoms with Crippen molar-refractivity contribution in [2.45, 2.75) is 13.3 Å². The van der Waals surface area contributed by atoms with Crippen LogP contribution >= 0.6 is 11.3 Å². The molecule has 2 N–H and O–H groups in total. The number of aryl methyl sites for hydroxylation is 1. The summed E-state index contributed by atoms with van der Waals surface area (Å²) < 4.78 is 0. The van der Waals surface area contributed by atoms with Crippen molar-refractivity contribution in [3.8, 4) is 0 Å². The number of aromatic nitrogens is 2. The van der Waals surface area contributed by atoms with E-state index in [2.05, 4.69) is 20.8 Å². The number of nitrogens with zero attached hydrogens (tertiary/aromatic N) is 3. The molecule has 1 amide bonds. The Bertz CT molecular complexity index is 685. The van der Waals surface area contributed by atoms with E-state index in [0.717, 1.165) is 11.4 Å². The predicted molar refractivity (Wildman–Crippen MR) is 79.9 cm³/mol. The number of carbonyl (C=O) groups is 1. The fourth-order valence-electron chi connectivity index (χ4n) is 1.76.